The highest BCUT2D eigenvalue weighted by Crippen LogP contribution is 2.35. The van der Waals surface area contributed by atoms with Crippen LogP contribution in [-0.2, 0) is 9.47 Å². The second-order valence-corrected chi connectivity index (χ2v) is 5.34. The molecular formula is C17H21F8NO4. The van der Waals surface area contributed by atoms with Gasteiger partial charge in [-0.3, -0.25) is 0 Å². The predicted molar refractivity (Wildman–Crippen MR) is 89.1 cm³/mol. The van der Waals surface area contributed by atoms with Crippen molar-refractivity contribution in [3.8, 4) is 0 Å². The number of ether oxygens (including phenoxy) is 2. The zero-order chi connectivity index (χ0) is 23.8. The van der Waals surface area contributed by atoms with E-state index in [1.807, 2.05) is 13.8 Å². The molecule has 1 aromatic carbocycles. The van der Waals surface area contributed by atoms with Crippen LogP contribution in [0.15, 0.2) is 4.99 Å². The van der Waals surface area contributed by atoms with Gasteiger partial charge < -0.3 is 19.7 Å². The number of hydrogen-bond donors (Lipinski definition) is 2. The monoisotopic (exact) mass is 455 g/mol. The Labute approximate surface area is 166 Å². The highest BCUT2D eigenvalue weighted by atomic mass is 19.4. The summed E-state index contributed by atoms with van der Waals surface area (Å²) >= 11 is 0. The van der Waals surface area contributed by atoms with Crippen molar-refractivity contribution in [2.45, 2.75) is 51.3 Å². The van der Waals surface area contributed by atoms with Crippen LogP contribution in [0.3, 0.4) is 0 Å². The smallest absolute Gasteiger partial charge is 0.445 e. The third kappa shape index (κ3) is 6.51. The lowest BCUT2D eigenvalue weighted by molar-refractivity contribution is -0.121. The molecule has 1 aliphatic rings. The first kappa shape index (κ1) is 28.0. The van der Waals surface area contributed by atoms with E-state index in [1.165, 1.54) is 0 Å². The van der Waals surface area contributed by atoms with Crippen LogP contribution >= 0.6 is 0 Å². The molecule has 3 atom stereocenters. The Morgan fingerprint density at radius 3 is 1.83 bits per heavy atom. The molecule has 2 rings (SSSR count). The van der Waals surface area contributed by atoms with E-state index >= 15 is 0 Å². The summed E-state index contributed by atoms with van der Waals surface area (Å²) in [5, 5.41) is 16.3. The van der Waals surface area contributed by atoms with Crippen LogP contribution in [0.4, 0.5) is 35.1 Å². The van der Waals surface area contributed by atoms with Gasteiger partial charge in [0.15, 0.2) is 23.3 Å². The summed E-state index contributed by atoms with van der Waals surface area (Å²) in [5.74, 6) is -12.9. The van der Waals surface area contributed by atoms with Crippen LogP contribution in [-0.4, -0.2) is 48.8 Å². The van der Waals surface area contributed by atoms with E-state index in [2.05, 4.69) is 9.73 Å². The Hall–Kier alpha value is -1.99. The Kier molecular flexibility index (Phi) is 11.2. The molecule has 0 spiro atoms. The van der Waals surface area contributed by atoms with E-state index in [9.17, 15) is 40.2 Å². The van der Waals surface area contributed by atoms with Crippen LogP contribution in [0.5, 0.6) is 0 Å². The molecule has 3 unspecified atom stereocenters. The Morgan fingerprint density at radius 1 is 1.00 bits per heavy atom. The van der Waals surface area contributed by atoms with Gasteiger partial charge in [-0.25, -0.2) is 26.9 Å². The number of nitrogens with zero attached hydrogens (tertiary/aromatic N) is 1. The van der Waals surface area contributed by atoms with Gasteiger partial charge in [0.25, 0.3) is 5.90 Å². The van der Waals surface area contributed by atoms with Gasteiger partial charge in [0.05, 0.1) is 17.7 Å². The molecule has 0 aliphatic carbocycles. The molecule has 0 aromatic heterocycles. The number of rotatable bonds is 4. The minimum Gasteiger partial charge on any atom is -0.445 e. The van der Waals surface area contributed by atoms with Crippen molar-refractivity contribution in [1.82, 2.24) is 0 Å². The number of hydrogen-bond acceptors (Lipinski definition) is 5. The van der Waals surface area contributed by atoms with Crippen LogP contribution in [0.25, 0.3) is 0 Å². The van der Waals surface area contributed by atoms with E-state index < -0.39 is 78.0 Å². The first-order chi connectivity index (χ1) is 14.0. The summed E-state index contributed by atoms with van der Waals surface area (Å²) in [7, 11) is 1.87. The maximum atomic E-state index is 13.8. The fraction of sp³-hybridized carbons (Fsp3) is 0.588. The molecule has 0 fully saturated rings. The molecule has 0 saturated heterocycles. The fourth-order valence-corrected chi connectivity index (χ4v) is 2.43. The molecule has 2 N–H and O–H groups in total. The third-order valence-corrected chi connectivity index (χ3v) is 3.60. The zero-order valence-corrected chi connectivity index (χ0v) is 16.3. The highest BCUT2D eigenvalue weighted by Gasteiger charge is 2.43. The molecule has 5 nitrogen and oxygen atoms in total. The number of methoxy groups -OCH3 is 1. The third-order valence-electron chi connectivity index (χ3n) is 3.60. The molecule has 174 valence electrons. The van der Waals surface area contributed by atoms with Crippen molar-refractivity contribution in [3.05, 3.63) is 34.6 Å². The molecule has 1 aromatic rings. The Bertz CT molecular complexity index is 698. The molecule has 0 bridgehead atoms. The molecule has 0 radical (unpaired) electrons. The molecule has 30 heavy (non-hydrogen) atoms. The maximum Gasteiger partial charge on any atom is 0.468 e. The van der Waals surface area contributed by atoms with Gasteiger partial charge in [-0.05, 0) is 0 Å². The minimum absolute atomic E-state index is 0.505. The summed E-state index contributed by atoms with van der Waals surface area (Å²) < 4.78 is 114. The zero-order valence-electron chi connectivity index (χ0n) is 16.3. The molecule has 1 heterocycles. The maximum absolute atomic E-state index is 13.8. The van der Waals surface area contributed by atoms with Crippen molar-refractivity contribution in [2.75, 3.05) is 14.2 Å². The van der Waals surface area contributed by atoms with Crippen LogP contribution in [0.2, 0.25) is 0 Å². The summed E-state index contributed by atoms with van der Waals surface area (Å²) in [4.78, 5) is 3.16. The first-order valence-corrected chi connectivity index (χ1v) is 8.45. The van der Waals surface area contributed by atoms with E-state index in [0.29, 0.717) is 0 Å². The van der Waals surface area contributed by atoms with Crippen LogP contribution < -0.4 is 0 Å². The van der Waals surface area contributed by atoms with E-state index in [4.69, 9.17) is 9.84 Å². The largest absolute Gasteiger partial charge is 0.468 e. The van der Waals surface area contributed by atoms with Gasteiger partial charge in [-0.15, -0.1) is 0 Å². The quantitative estimate of drug-likeness (QED) is 0.407. The number of aliphatic hydroxyl groups is 2. The second-order valence-electron chi connectivity index (χ2n) is 5.34. The Balaban J connectivity index is 0.00000198. The second kappa shape index (κ2) is 12.0. The first-order valence-electron chi connectivity index (χ1n) is 8.45. The molecule has 0 amide bonds. The topological polar surface area (TPSA) is 71.3 Å². The van der Waals surface area contributed by atoms with Gasteiger partial charge >= 0.3 is 6.18 Å². The summed E-state index contributed by atoms with van der Waals surface area (Å²) in [6.45, 7) is 4.00. The molecular weight excluding hydrogens is 434 g/mol. The number of halogens is 8. The predicted octanol–water partition coefficient (Wildman–Crippen LogP) is 4.16. The summed E-state index contributed by atoms with van der Waals surface area (Å²) in [6, 6.07) is -1.41. The van der Waals surface area contributed by atoms with Gasteiger partial charge in [-0.1, -0.05) is 13.8 Å². The average Bonchev–Trinajstić information content (AvgIpc) is 2.72. The lowest BCUT2D eigenvalue weighted by Gasteiger charge is -2.28. The van der Waals surface area contributed by atoms with Crippen LogP contribution in [0, 0.1) is 29.1 Å². The average molecular weight is 455 g/mol. The molecule has 0 saturated carbocycles. The number of alkyl halides is 3. The van der Waals surface area contributed by atoms with E-state index in [0.717, 1.165) is 14.2 Å². The standard InChI is InChI=1S/C14H11F8NO3.C2H6.CH4O/c1-25-5(7-8(15)10(17)12(19)11(18)9(7)16)2-4-3-6(24)26-13(23-4)14(20,21)22;2*1-2/h4-6,24H,2-3H2,1H3;1-2H3;2H,1H3. The highest BCUT2D eigenvalue weighted by molar-refractivity contribution is 5.82. The SMILES string of the molecule is CC.CO.COC(CC1CC(O)OC(C(F)(F)F)=N1)c1c(F)c(F)c(F)c(F)c1F. The van der Waals surface area contributed by atoms with Crippen molar-refractivity contribution in [3.63, 3.8) is 0 Å². The molecule has 1 aliphatic heterocycles. The van der Waals surface area contributed by atoms with Gasteiger partial charge in [-0.2, -0.15) is 13.2 Å². The lowest BCUT2D eigenvalue weighted by atomic mass is 9.98. The Morgan fingerprint density at radius 2 is 1.43 bits per heavy atom. The van der Waals surface area contributed by atoms with E-state index in [-0.39, 0.29) is 0 Å². The number of benzene rings is 1. The summed E-state index contributed by atoms with van der Waals surface area (Å²) in [5.41, 5.74) is -1.34. The minimum atomic E-state index is -5.03. The van der Waals surface area contributed by atoms with Gasteiger partial charge in [0, 0.05) is 27.1 Å². The van der Waals surface area contributed by atoms with Crippen molar-refractivity contribution < 1.29 is 54.8 Å². The fourth-order valence-electron chi connectivity index (χ4n) is 2.43. The number of aliphatic hydroxyl groups excluding tert-OH is 2. The van der Waals surface area contributed by atoms with Gasteiger partial charge in [0.1, 0.15) is 0 Å². The van der Waals surface area contributed by atoms with Crippen molar-refractivity contribution >= 4 is 5.90 Å². The van der Waals surface area contributed by atoms with Crippen molar-refractivity contribution in [1.29, 1.82) is 0 Å². The molecule has 13 heteroatoms. The van der Waals surface area contributed by atoms with Gasteiger partial charge in [0.2, 0.25) is 12.1 Å². The van der Waals surface area contributed by atoms with Crippen molar-refractivity contribution in [2.24, 2.45) is 4.99 Å². The van der Waals surface area contributed by atoms with Crippen LogP contribution in [0.1, 0.15) is 38.4 Å². The van der Waals surface area contributed by atoms with E-state index in [1.54, 1.807) is 0 Å². The lowest BCUT2D eigenvalue weighted by Crippen LogP contribution is -2.38. The number of aliphatic imine (C=N–C) groups is 1. The normalized spacial score (nSPS) is 19.5. The summed E-state index contributed by atoms with van der Waals surface area (Å²) in [6.07, 6.45) is -9.97.